The van der Waals surface area contributed by atoms with Gasteiger partial charge in [0.1, 0.15) is 0 Å². The molecule has 2 atom stereocenters. The number of benzene rings is 1. The van der Waals surface area contributed by atoms with Gasteiger partial charge in [0.15, 0.2) is 0 Å². The van der Waals surface area contributed by atoms with Crippen LogP contribution >= 0.6 is 23.2 Å². The van der Waals surface area contributed by atoms with Gasteiger partial charge in [0.25, 0.3) is 0 Å². The maximum absolute atomic E-state index is 12.2. The number of amides is 2. The Morgan fingerprint density at radius 3 is 2.48 bits per heavy atom. The molecule has 1 aliphatic carbocycles. The van der Waals surface area contributed by atoms with Crippen molar-refractivity contribution in [3.8, 4) is 0 Å². The fraction of sp³-hybridized carbons (Fsp3) is 0.556. The summed E-state index contributed by atoms with van der Waals surface area (Å²) in [6, 6.07) is 5.16. The normalized spacial score (nSPS) is 20.4. The maximum atomic E-state index is 12.2. The van der Waals surface area contributed by atoms with Crippen molar-refractivity contribution in [3.05, 3.63) is 28.2 Å². The quantitative estimate of drug-likeness (QED) is 0.786. The van der Waals surface area contributed by atoms with Gasteiger partial charge in [0.05, 0.1) is 23.1 Å². The van der Waals surface area contributed by atoms with Crippen molar-refractivity contribution < 1.29 is 9.59 Å². The van der Waals surface area contributed by atoms with Gasteiger partial charge in [-0.25, -0.2) is 0 Å². The Morgan fingerprint density at radius 1 is 1.12 bits per heavy atom. The van der Waals surface area contributed by atoms with E-state index in [2.05, 4.69) is 17.6 Å². The number of nitrogens with one attached hydrogen (secondary N) is 2. The molecular weight excluding hydrogens is 361 g/mol. The average molecular weight is 386 g/mol. The number of nitrogens with zero attached hydrogens (tertiary/aromatic N) is 1. The molecule has 2 rings (SSSR count). The Kier molecular flexibility index (Phi) is 7.54. The van der Waals surface area contributed by atoms with Gasteiger partial charge in [-0.1, -0.05) is 43.0 Å². The summed E-state index contributed by atoms with van der Waals surface area (Å²) in [6.07, 6.45) is 4.60. The summed E-state index contributed by atoms with van der Waals surface area (Å²) in [7, 11) is 1.75. The lowest BCUT2D eigenvalue weighted by molar-refractivity contribution is -0.124. The molecule has 138 valence electrons. The van der Waals surface area contributed by atoms with E-state index in [0.29, 0.717) is 21.7 Å². The third kappa shape index (κ3) is 6.49. The molecule has 1 aromatic rings. The Bertz CT molecular complexity index is 624. The number of hydrogen-bond donors (Lipinski definition) is 2. The lowest BCUT2D eigenvalue weighted by Gasteiger charge is -2.30. The molecule has 0 heterocycles. The molecule has 0 unspecified atom stereocenters. The molecule has 5 nitrogen and oxygen atoms in total. The van der Waals surface area contributed by atoms with Gasteiger partial charge in [-0.15, -0.1) is 0 Å². The predicted octanol–water partition coefficient (Wildman–Crippen LogP) is 3.56. The first-order valence-corrected chi connectivity index (χ1v) is 9.33. The summed E-state index contributed by atoms with van der Waals surface area (Å²) in [5.74, 6) is 0.268. The lowest BCUT2D eigenvalue weighted by Crippen LogP contribution is -2.46. The van der Waals surface area contributed by atoms with Crippen LogP contribution in [0.5, 0.6) is 0 Å². The van der Waals surface area contributed by atoms with Gasteiger partial charge in [0, 0.05) is 11.7 Å². The molecule has 2 N–H and O–H groups in total. The molecule has 0 radical (unpaired) electrons. The van der Waals surface area contributed by atoms with Crippen molar-refractivity contribution in [1.29, 1.82) is 0 Å². The van der Waals surface area contributed by atoms with Crippen LogP contribution in [-0.2, 0) is 9.59 Å². The minimum absolute atomic E-state index is 0.0383. The highest BCUT2D eigenvalue weighted by molar-refractivity contribution is 6.42. The highest BCUT2D eigenvalue weighted by atomic mass is 35.5. The van der Waals surface area contributed by atoms with Crippen LogP contribution in [0.2, 0.25) is 10.0 Å². The molecule has 0 spiro atoms. The Balaban J connectivity index is 1.76. The van der Waals surface area contributed by atoms with E-state index in [9.17, 15) is 9.59 Å². The Hall–Kier alpha value is -1.30. The fourth-order valence-corrected chi connectivity index (χ4v) is 3.40. The average Bonchev–Trinajstić information content (AvgIpc) is 2.52. The van der Waals surface area contributed by atoms with Gasteiger partial charge in [-0.2, -0.15) is 0 Å². The Morgan fingerprint density at radius 2 is 1.80 bits per heavy atom. The first kappa shape index (κ1) is 20.0. The van der Waals surface area contributed by atoms with Crippen molar-refractivity contribution in [2.45, 2.75) is 38.6 Å². The molecule has 1 saturated carbocycles. The second-order valence-corrected chi connectivity index (χ2v) is 7.60. The van der Waals surface area contributed by atoms with Crippen molar-refractivity contribution in [1.82, 2.24) is 10.2 Å². The van der Waals surface area contributed by atoms with Crippen molar-refractivity contribution in [2.75, 3.05) is 25.5 Å². The highest BCUT2D eigenvalue weighted by Gasteiger charge is 2.23. The second-order valence-electron chi connectivity index (χ2n) is 6.79. The first-order valence-electron chi connectivity index (χ1n) is 8.58. The van der Waals surface area contributed by atoms with Crippen LogP contribution in [0, 0.1) is 5.92 Å². The molecule has 2 amide bonds. The molecule has 0 aromatic heterocycles. The molecular formula is C18H25Cl2N3O2. The summed E-state index contributed by atoms with van der Waals surface area (Å²) in [5, 5.41) is 6.66. The molecule has 0 aliphatic heterocycles. The summed E-state index contributed by atoms with van der Waals surface area (Å²) < 4.78 is 0. The maximum Gasteiger partial charge on any atom is 0.238 e. The van der Waals surface area contributed by atoms with Crippen LogP contribution in [0.1, 0.15) is 32.6 Å². The number of rotatable bonds is 6. The SMILES string of the molecule is C[C@@H]1CCCC[C@@H]1NC(=O)CN(C)CC(=O)Nc1ccc(Cl)c(Cl)c1. The molecule has 25 heavy (non-hydrogen) atoms. The summed E-state index contributed by atoms with van der Waals surface area (Å²) >= 11 is 11.8. The number of halogens is 2. The van der Waals surface area contributed by atoms with E-state index in [0.717, 1.165) is 19.3 Å². The zero-order valence-electron chi connectivity index (χ0n) is 14.6. The predicted molar refractivity (Wildman–Crippen MR) is 102 cm³/mol. The fourth-order valence-electron chi connectivity index (χ4n) is 3.10. The zero-order valence-corrected chi connectivity index (χ0v) is 16.2. The van der Waals surface area contributed by atoms with Crippen molar-refractivity contribution in [2.24, 2.45) is 5.92 Å². The van der Waals surface area contributed by atoms with Crippen molar-refractivity contribution >= 4 is 40.7 Å². The zero-order chi connectivity index (χ0) is 18.4. The van der Waals surface area contributed by atoms with Crippen LogP contribution in [0.3, 0.4) is 0 Å². The highest BCUT2D eigenvalue weighted by Crippen LogP contribution is 2.25. The molecule has 0 bridgehead atoms. The van der Waals surface area contributed by atoms with Crippen molar-refractivity contribution in [3.63, 3.8) is 0 Å². The first-order chi connectivity index (χ1) is 11.8. The number of carbonyl (C=O) groups excluding carboxylic acids is 2. The van der Waals surface area contributed by atoms with Gasteiger partial charge < -0.3 is 10.6 Å². The minimum atomic E-state index is -0.209. The number of hydrogen-bond acceptors (Lipinski definition) is 3. The number of likely N-dealkylation sites (N-methyl/N-ethyl adjacent to an activating group) is 1. The van der Waals surface area contributed by atoms with E-state index < -0.39 is 0 Å². The van der Waals surface area contributed by atoms with Crippen LogP contribution in [0.15, 0.2) is 18.2 Å². The van der Waals surface area contributed by atoms with E-state index in [1.165, 1.54) is 6.42 Å². The summed E-state index contributed by atoms with van der Waals surface area (Å²) in [6.45, 7) is 2.49. The van der Waals surface area contributed by atoms with E-state index in [-0.39, 0.29) is 30.9 Å². The second kappa shape index (κ2) is 9.41. The lowest BCUT2D eigenvalue weighted by atomic mass is 9.86. The van der Waals surface area contributed by atoms with Gasteiger partial charge >= 0.3 is 0 Å². The number of anilines is 1. The minimum Gasteiger partial charge on any atom is -0.352 e. The van der Waals surface area contributed by atoms with Gasteiger partial charge in [0.2, 0.25) is 11.8 Å². The molecule has 7 heteroatoms. The molecule has 1 fully saturated rings. The summed E-state index contributed by atoms with van der Waals surface area (Å²) in [5.41, 5.74) is 0.577. The topological polar surface area (TPSA) is 61.4 Å². The number of carbonyl (C=O) groups is 2. The molecule has 1 aliphatic rings. The van der Waals surface area contributed by atoms with Gasteiger partial charge in [-0.05, 0) is 44.0 Å². The van der Waals surface area contributed by atoms with Crippen LogP contribution in [0.25, 0.3) is 0 Å². The molecule has 1 aromatic carbocycles. The van der Waals surface area contributed by atoms with Crippen LogP contribution in [0.4, 0.5) is 5.69 Å². The monoisotopic (exact) mass is 385 g/mol. The Labute approximate surface area is 159 Å². The van der Waals surface area contributed by atoms with E-state index in [4.69, 9.17) is 23.2 Å². The summed E-state index contributed by atoms with van der Waals surface area (Å²) in [4.78, 5) is 25.9. The largest absolute Gasteiger partial charge is 0.352 e. The third-order valence-corrected chi connectivity index (χ3v) is 5.23. The van der Waals surface area contributed by atoms with Gasteiger partial charge in [-0.3, -0.25) is 14.5 Å². The van der Waals surface area contributed by atoms with E-state index in [1.807, 2.05) is 0 Å². The van der Waals surface area contributed by atoms with E-state index >= 15 is 0 Å². The third-order valence-electron chi connectivity index (χ3n) is 4.49. The molecule has 0 saturated heterocycles. The smallest absolute Gasteiger partial charge is 0.238 e. The standard InChI is InChI=1S/C18H25Cl2N3O2/c1-12-5-3-4-6-16(12)22-18(25)11-23(2)10-17(24)21-13-7-8-14(19)15(20)9-13/h7-9,12,16H,3-6,10-11H2,1-2H3,(H,21,24)(H,22,25)/t12-,16+/m1/s1. The van der Waals surface area contributed by atoms with Crippen LogP contribution in [-0.4, -0.2) is 42.9 Å². The van der Waals surface area contributed by atoms with Crippen LogP contribution < -0.4 is 10.6 Å². The van der Waals surface area contributed by atoms with E-state index in [1.54, 1.807) is 30.1 Å².